The van der Waals surface area contributed by atoms with Gasteiger partial charge in [0.1, 0.15) is 5.75 Å². The van der Waals surface area contributed by atoms with Crippen LogP contribution in [0.15, 0.2) is 24.3 Å². The normalized spacial score (nSPS) is 27.4. The van der Waals surface area contributed by atoms with Gasteiger partial charge in [0.2, 0.25) is 5.91 Å². The van der Waals surface area contributed by atoms with Crippen LogP contribution < -0.4 is 10.1 Å². The van der Waals surface area contributed by atoms with Crippen LogP contribution >= 0.6 is 0 Å². The van der Waals surface area contributed by atoms with Crippen molar-refractivity contribution < 1.29 is 19.4 Å². The smallest absolute Gasteiger partial charge is 0.308 e. The molecule has 0 radical (unpaired) electrons. The van der Waals surface area contributed by atoms with Gasteiger partial charge in [0.05, 0.1) is 12.5 Å². The van der Waals surface area contributed by atoms with Gasteiger partial charge >= 0.3 is 5.97 Å². The molecule has 5 nitrogen and oxygen atoms in total. The van der Waals surface area contributed by atoms with E-state index in [0.717, 1.165) is 24.2 Å². The fourth-order valence-electron chi connectivity index (χ4n) is 3.17. The van der Waals surface area contributed by atoms with Crippen molar-refractivity contribution in [1.82, 2.24) is 5.32 Å². The van der Waals surface area contributed by atoms with Gasteiger partial charge in [-0.15, -0.1) is 0 Å². The third kappa shape index (κ3) is 2.37. The lowest BCUT2D eigenvalue weighted by molar-refractivity contribution is -0.141. The summed E-state index contributed by atoms with van der Waals surface area (Å²) in [5, 5.41) is 11.6. The van der Waals surface area contributed by atoms with Crippen LogP contribution in [-0.4, -0.2) is 30.1 Å². The van der Waals surface area contributed by atoms with Crippen molar-refractivity contribution in [1.29, 1.82) is 0 Å². The molecule has 0 saturated heterocycles. The number of ether oxygens (including phenoxy) is 1. The average molecular weight is 289 g/mol. The van der Waals surface area contributed by atoms with Gasteiger partial charge in [-0.3, -0.25) is 9.59 Å². The molecule has 1 aliphatic carbocycles. The zero-order valence-corrected chi connectivity index (χ0v) is 12.0. The molecule has 2 aliphatic rings. The van der Waals surface area contributed by atoms with E-state index in [1.807, 2.05) is 24.3 Å². The number of rotatable bonds is 4. The molecular weight excluding hydrogens is 270 g/mol. The Morgan fingerprint density at radius 1 is 1.48 bits per heavy atom. The van der Waals surface area contributed by atoms with Gasteiger partial charge in [0.25, 0.3) is 0 Å². The summed E-state index contributed by atoms with van der Waals surface area (Å²) >= 11 is 0. The van der Waals surface area contributed by atoms with Crippen LogP contribution in [0, 0.1) is 11.8 Å². The minimum atomic E-state index is -0.891. The van der Waals surface area contributed by atoms with Crippen molar-refractivity contribution in [3.8, 4) is 5.75 Å². The number of aliphatic carboxylic acids is 1. The van der Waals surface area contributed by atoms with E-state index in [2.05, 4.69) is 5.32 Å². The van der Waals surface area contributed by atoms with Crippen LogP contribution in [-0.2, 0) is 15.0 Å². The topological polar surface area (TPSA) is 75.6 Å². The Balaban J connectivity index is 1.69. The van der Waals surface area contributed by atoms with E-state index in [4.69, 9.17) is 9.84 Å². The van der Waals surface area contributed by atoms with Crippen LogP contribution in [0.5, 0.6) is 5.75 Å². The zero-order chi connectivity index (χ0) is 15.0. The van der Waals surface area contributed by atoms with E-state index in [0.29, 0.717) is 6.61 Å². The molecule has 1 unspecified atom stereocenters. The second-order valence-electron chi connectivity index (χ2n) is 5.99. The third-order valence-electron chi connectivity index (χ3n) is 4.63. The fourth-order valence-corrected chi connectivity index (χ4v) is 3.17. The number of hydrogen-bond donors (Lipinski definition) is 2. The van der Waals surface area contributed by atoms with Crippen LogP contribution in [0.2, 0.25) is 0 Å². The van der Waals surface area contributed by atoms with Crippen molar-refractivity contribution in [3.05, 3.63) is 29.8 Å². The Kier molecular flexibility index (Phi) is 3.35. The Labute approximate surface area is 123 Å². The lowest BCUT2D eigenvalue weighted by Gasteiger charge is -2.26. The Hall–Kier alpha value is -2.04. The molecule has 1 aromatic rings. The summed E-state index contributed by atoms with van der Waals surface area (Å²) in [4.78, 5) is 23.1. The van der Waals surface area contributed by atoms with E-state index in [1.165, 1.54) is 0 Å². The Morgan fingerprint density at radius 2 is 2.24 bits per heavy atom. The summed E-state index contributed by atoms with van der Waals surface area (Å²) in [5.74, 6) is -0.691. The third-order valence-corrected chi connectivity index (χ3v) is 4.63. The SMILES string of the molecule is CC(CNC(=O)[C@@H]1C[C@]12CCOc1ccccc12)C(=O)O. The number of hydrogen-bond acceptors (Lipinski definition) is 3. The molecule has 1 amide bonds. The molecule has 1 saturated carbocycles. The van der Waals surface area contributed by atoms with Crippen molar-refractivity contribution in [2.24, 2.45) is 11.8 Å². The van der Waals surface area contributed by atoms with Gasteiger partial charge in [-0.1, -0.05) is 25.1 Å². The summed E-state index contributed by atoms with van der Waals surface area (Å²) in [7, 11) is 0. The Bertz CT molecular complexity index is 585. The molecule has 1 spiro atoms. The van der Waals surface area contributed by atoms with Gasteiger partial charge in [-0.2, -0.15) is 0 Å². The first-order valence-corrected chi connectivity index (χ1v) is 7.27. The number of nitrogens with one attached hydrogen (secondary N) is 1. The van der Waals surface area contributed by atoms with Crippen LogP contribution in [0.1, 0.15) is 25.3 Å². The van der Waals surface area contributed by atoms with Crippen molar-refractivity contribution in [2.45, 2.75) is 25.2 Å². The maximum absolute atomic E-state index is 12.3. The first kappa shape index (κ1) is 13.9. The zero-order valence-electron chi connectivity index (χ0n) is 12.0. The number of carbonyl (C=O) groups excluding carboxylic acids is 1. The Morgan fingerprint density at radius 3 is 3.00 bits per heavy atom. The lowest BCUT2D eigenvalue weighted by atomic mass is 9.87. The molecule has 2 N–H and O–H groups in total. The van der Waals surface area contributed by atoms with Crippen molar-refractivity contribution in [2.75, 3.05) is 13.2 Å². The second kappa shape index (κ2) is 5.06. The number of para-hydroxylation sites is 1. The maximum atomic E-state index is 12.3. The highest BCUT2D eigenvalue weighted by Crippen LogP contribution is 2.60. The summed E-state index contributed by atoms with van der Waals surface area (Å²) < 4.78 is 5.65. The van der Waals surface area contributed by atoms with E-state index in [9.17, 15) is 9.59 Å². The number of carbonyl (C=O) groups is 2. The number of carboxylic acids is 1. The number of benzene rings is 1. The van der Waals surface area contributed by atoms with E-state index >= 15 is 0 Å². The van der Waals surface area contributed by atoms with Gasteiger partial charge in [0.15, 0.2) is 0 Å². The number of amides is 1. The van der Waals surface area contributed by atoms with Crippen LogP contribution in [0.4, 0.5) is 0 Å². The molecule has 1 heterocycles. The highest BCUT2D eigenvalue weighted by Gasteiger charge is 2.60. The quantitative estimate of drug-likeness (QED) is 0.882. The predicted molar refractivity (Wildman–Crippen MR) is 76.1 cm³/mol. The molecule has 1 fully saturated rings. The minimum absolute atomic E-state index is 0.0418. The van der Waals surface area contributed by atoms with Gasteiger partial charge < -0.3 is 15.2 Å². The summed E-state index contributed by atoms with van der Waals surface area (Å²) in [5.41, 5.74) is 1.01. The van der Waals surface area contributed by atoms with Gasteiger partial charge in [-0.05, 0) is 18.9 Å². The summed E-state index contributed by atoms with van der Waals surface area (Å²) in [6.07, 6.45) is 1.66. The molecule has 0 aromatic heterocycles. The molecule has 0 bridgehead atoms. The summed E-state index contributed by atoms with van der Waals surface area (Å²) in [6.45, 7) is 2.40. The average Bonchev–Trinajstić information content (AvgIpc) is 3.20. The molecule has 1 aliphatic heterocycles. The van der Waals surface area contributed by atoms with E-state index in [-0.39, 0.29) is 23.8 Å². The fraction of sp³-hybridized carbons (Fsp3) is 0.500. The van der Waals surface area contributed by atoms with E-state index < -0.39 is 11.9 Å². The molecule has 21 heavy (non-hydrogen) atoms. The van der Waals surface area contributed by atoms with Crippen molar-refractivity contribution >= 4 is 11.9 Å². The van der Waals surface area contributed by atoms with Crippen LogP contribution in [0.3, 0.4) is 0 Å². The summed E-state index contributed by atoms with van der Waals surface area (Å²) in [6, 6.07) is 7.87. The van der Waals surface area contributed by atoms with Crippen LogP contribution in [0.25, 0.3) is 0 Å². The maximum Gasteiger partial charge on any atom is 0.308 e. The highest BCUT2D eigenvalue weighted by molar-refractivity contribution is 5.85. The number of carboxylic acid groups (broad SMARTS) is 1. The minimum Gasteiger partial charge on any atom is -0.493 e. The first-order chi connectivity index (χ1) is 10.0. The molecule has 1 aromatic carbocycles. The first-order valence-electron chi connectivity index (χ1n) is 7.27. The van der Waals surface area contributed by atoms with E-state index in [1.54, 1.807) is 6.92 Å². The number of fused-ring (bicyclic) bond motifs is 2. The lowest BCUT2D eigenvalue weighted by Crippen LogP contribution is -2.35. The highest BCUT2D eigenvalue weighted by atomic mass is 16.5. The largest absolute Gasteiger partial charge is 0.493 e. The van der Waals surface area contributed by atoms with Gasteiger partial charge in [-0.25, -0.2) is 0 Å². The molecule has 5 heteroatoms. The molecular formula is C16H19NO4. The predicted octanol–water partition coefficient (Wildman–Crippen LogP) is 1.56. The van der Waals surface area contributed by atoms with Gasteiger partial charge in [0, 0.05) is 23.4 Å². The standard InChI is InChI=1S/C16H19NO4/c1-10(15(19)20)9-17-14(18)12-8-16(12)6-7-21-13-5-3-2-4-11(13)16/h2-5,10,12H,6-9H2,1H3,(H,17,18)(H,19,20)/t10?,12-,16-/m0/s1. The molecule has 3 rings (SSSR count). The molecule has 112 valence electrons. The monoisotopic (exact) mass is 289 g/mol. The molecule has 3 atom stereocenters. The second-order valence-corrected chi connectivity index (χ2v) is 5.99. The van der Waals surface area contributed by atoms with Crippen molar-refractivity contribution in [3.63, 3.8) is 0 Å².